The molecule has 0 unspecified atom stereocenters. The van der Waals surface area contributed by atoms with Gasteiger partial charge in [-0.3, -0.25) is 4.79 Å². The van der Waals surface area contributed by atoms with Crippen molar-refractivity contribution in [1.29, 1.82) is 0 Å². The number of benzene rings is 1. The molecule has 148 valence electrons. The highest BCUT2D eigenvalue weighted by molar-refractivity contribution is 5.77. The average Bonchev–Trinajstić information content (AvgIpc) is 3.16. The summed E-state index contributed by atoms with van der Waals surface area (Å²) in [6.07, 6.45) is 7.10. The van der Waals surface area contributed by atoms with E-state index in [0.29, 0.717) is 24.2 Å². The van der Waals surface area contributed by atoms with Crippen LogP contribution < -0.4 is 5.32 Å². The molecule has 4 nitrogen and oxygen atoms in total. The highest BCUT2D eigenvalue weighted by Gasteiger charge is 2.46. The van der Waals surface area contributed by atoms with Crippen LogP contribution in [0.3, 0.4) is 0 Å². The summed E-state index contributed by atoms with van der Waals surface area (Å²) in [5.74, 6) is 1.55. The van der Waals surface area contributed by atoms with Gasteiger partial charge in [-0.1, -0.05) is 37.1 Å². The monoisotopic (exact) mass is 369 g/mol. The van der Waals surface area contributed by atoms with E-state index < -0.39 is 0 Å². The molecule has 3 atom stereocenters. The molecule has 0 aromatic heterocycles. The molecule has 0 aliphatic carbocycles. The Morgan fingerprint density at radius 2 is 1.89 bits per heavy atom. The highest BCUT2D eigenvalue weighted by atomic mass is 16.2. The van der Waals surface area contributed by atoms with E-state index >= 15 is 0 Å². The summed E-state index contributed by atoms with van der Waals surface area (Å²) in [5, 5.41) is 3.55. The largest absolute Gasteiger partial charge is 0.335 e. The Balaban J connectivity index is 1.40. The lowest BCUT2D eigenvalue weighted by Crippen LogP contribution is -2.35. The first-order chi connectivity index (χ1) is 13.2. The maximum atomic E-state index is 13.2. The topological polar surface area (TPSA) is 35.6 Å². The molecular formula is C23H35N3O. The second kappa shape index (κ2) is 8.74. The number of likely N-dealkylation sites (tertiary alicyclic amines) is 2. The van der Waals surface area contributed by atoms with Crippen LogP contribution in [0.15, 0.2) is 24.3 Å². The van der Waals surface area contributed by atoms with Crippen LogP contribution in [-0.2, 0) is 4.79 Å². The van der Waals surface area contributed by atoms with Gasteiger partial charge in [-0.25, -0.2) is 0 Å². The normalized spacial score (nSPS) is 28.9. The summed E-state index contributed by atoms with van der Waals surface area (Å²) in [6, 6.07) is 8.91. The smallest absolute Gasteiger partial charge is 0.223 e. The van der Waals surface area contributed by atoms with E-state index in [1.807, 2.05) is 0 Å². The van der Waals surface area contributed by atoms with E-state index in [1.54, 1.807) is 0 Å². The van der Waals surface area contributed by atoms with Gasteiger partial charge in [0.1, 0.15) is 0 Å². The molecule has 3 heterocycles. The van der Waals surface area contributed by atoms with Gasteiger partial charge in [-0.2, -0.15) is 0 Å². The van der Waals surface area contributed by atoms with Crippen LogP contribution in [0, 0.1) is 18.8 Å². The molecule has 1 N–H and O–H groups in total. The molecule has 0 radical (unpaired) electrons. The molecule has 3 fully saturated rings. The molecule has 3 aliphatic heterocycles. The summed E-state index contributed by atoms with van der Waals surface area (Å²) in [7, 11) is 0. The first kappa shape index (κ1) is 18.9. The molecule has 4 heteroatoms. The van der Waals surface area contributed by atoms with Crippen LogP contribution in [-0.4, -0.2) is 55.0 Å². The Morgan fingerprint density at radius 1 is 1.11 bits per heavy atom. The summed E-state index contributed by atoms with van der Waals surface area (Å²) in [6.45, 7) is 8.75. The van der Waals surface area contributed by atoms with Crippen molar-refractivity contribution in [2.75, 3.05) is 39.3 Å². The number of carbonyl (C=O) groups is 1. The summed E-state index contributed by atoms with van der Waals surface area (Å²) >= 11 is 0. The maximum absolute atomic E-state index is 13.2. The minimum absolute atomic E-state index is 0.261. The van der Waals surface area contributed by atoms with Gasteiger partial charge in [0.05, 0.1) is 6.04 Å². The van der Waals surface area contributed by atoms with Gasteiger partial charge < -0.3 is 15.1 Å². The number of amides is 1. The second-order valence-corrected chi connectivity index (χ2v) is 8.79. The first-order valence-electron chi connectivity index (χ1n) is 11.0. The van der Waals surface area contributed by atoms with Crippen LogP contribution in [0.5, 0.6) is 0 Å². The molecule has 4 rings (SSSR count). The highest BCUT2D eigenvalue weighted by Crippen LogP contribution is 2.43. The molecule has 1 aromatic carbocycles. The van der Waals surface area contributed by atoms with Crippen molar-refractivity contribution in [3.63, 3.8) is 0 Å². The van der Waals surface area contributed by atoms with Gasteiger partial charge in [0.25, 0.3) is 0 Å². The zero-order chi connectivity index (χ0) is 18.6. The molecule has 27 heavy (non-hydrogen) atoms. The third-order valence-electron chi connectivity index (χ3n) is 6.96. The van der Waals surface area contributed by atoms with E-state index in [2.05, 4.69) is 46.3 Å². The zero-order valence-corrected chi connectivity index (χ0v) is 16.8. The molecule has 0 spiro atoms. The SMILES string of the molecule is Cc1ccccc1[C@@H]1[C@H]2CNC[C@H]2CN1C(=O)CCCN1CCCCCC1. The fourth-order valence-electron chi connectivity index (χ4n) is 5.45. The first-order valence-corrected chi connectivity index (χ1v) is 11.0. The number of hydrogen-bond donors (Lipinski definition) is 1. The maximum Gasteiger partial charge on any atom is 0.223 e. The van der Waals surface area contributed by atoms with Crippen LogP contribution in [0.4, 0.5) is 0 Å². The quantitative estimate of drug-likeness (QED) is 0.864. The number of nitrogens with one attached hydrogen (secondary N) is 1. The molecule has 0 saturated carbocycles. The Labute approximate surface area is 164 Å². The van der Waals surface area contributed by atoms with Crippen molar-refractivity contribution in [2.45, 2.75) is 51.5 Å². The molecule has 3 aliphatic rings. The van der Waals surface area contributed by atoms with Crippen LogP contribution in [0.25, 0.3) is 0 Å². The van der Waals surface area contributed by atoms with Gasteiger partial charge >= 0.3 is 0 Å². The van der Waals surface area contributed by atoms with Crippen molar-refractivity contribution >= 4 is 5.91 Å². The molecule has 1 aromatic rings. The number of rotatable bonds is 5. The minimum atomic E-state index is 0.261. The number of nitrogens with zero attached hydrogens (tertiary/aromatic N) is 2. The Bertz CT molecular complexity index is 638. The predicted molar refractivity (Wildman–Crippen MR) is 110 cm³/mol. The van der Waals surface area contributed by atoms with Crippen LogP contribution in [0.2, 0.25) is 0 Å². The van der Waals surface area contributed by atoms with Crippen LogP contribution in [0.1, 0.15) is 55.7 Å². The summed E-state index contributed by atoms with van der Waals surface area (Å²) in [5.41, 5.74) is 2.67. The number of aryl methyl sites for hydroxylation is 1. The van der Waals surface area contributed by atoms with Gasteiger partial charge in [-0.15, -0.1) is 0 Å². The summed E-state index contributed by atoms with van der Waals surface area (Å²) < 4.78 is 0. The Kier molecular flexibility index (Phi) is 6.14. The Morgan fingerprint density at radius 3 is 2.67 bits per heavy atom. The van der Waals surface area contributed by atoms with E-state index in [1.165, 1.54) is 49.9 Å². The fourth-order valence-corrected chi connectivity index (χ4v) is 5.45. The third-order valence-corrected chi connectivity index (χ3v) is 6.96. The van der Waals surface area contributed by atoms with Crippen molar-refractivity contribution in [2.24, 2.45) is 11.8 Å². The van der Waals surface area contributed by atoms with E-state index in [-0.39, 0.29) is 6.04 Å². The second-order valence-electron chi connectivity index (χ2n) is 8.79. The van der Waals surface area contributed by atoms with E-state index in [4.69, 9.17) is 0 Å². The van der Waals surface area contributed by atoms with E-state index in [0.717, 1.165) is 32.6 Å². The van der Waals surface area contributed by atoms with Gasteiger partial charge in [0.15, 0.2) is 0 Å². The Hall–Kier alpha value is -1.39. The van der Waals surface area contributed by atoms with E-state index in [9.17, 15) is 4.79 Å². The molecular weight excluding hydrogens is 334 g/mol. The van der Waals surface area contributed by atoms with Crippen molar-refractivity contribution < 1.29 is 4.79 Å². The van der Waals surface area contributed by atoms with Crippen molar-refractivity contribution in [3.8, 4) is 0 Å². The molecule has 3 saturated heterocycles. The average molecular weight is 370 g/mol. The van der Waals surface area contributed by atoms with Gasteiger partial charge in [0.2, 0.25) is 5.91 Å². The van der Waals surface area contributed by atoms with Gasteiger partial charge in [0, 0.05) is 32.0 Å². The standard InChI is InChI=1S/C23H35N3O/c1-18-9-4-5-10-20(18)23-21-16-24-15-19(21)17-26(23)22(27)11-8-14-25-12-6-2-3-7-13-25/h4-5,9-10,19,21,23-24H,2-3,6-8,11-17H2,1H3/t19-,21-,23+/m0/s1. The zero-order valence-electron chi connectivity index (χ0n) is 16.8. The molecule has 1 amide bonds. The lowest BCUT2D eigenvalue weighted by atomic mass is 9.87. The van der Waals surface area contributed by atoms with Crippen LogP contribution >= 0.6 is 0 Å². The van der Waals surface area contributed by atoms with Gasteiger partial charge in [-0.05, 0) is 62.9 Å². The number of carbonyl (C=O) groups excluding carboxylic acids is 1. The minimum Gasteiger partial charge on any atom is -0.335 e. The lowest BCUT2D eigenvalue weighted by molar-refractivity contribution is -0.132. The van der Waals surface area contributed by atoms with Crippen molar-refractivity contribution in [3.05, 3.63) is 35.4 Å². The summed E-state index contributed by atoms with van der Waals surface area (Å²) in [4.78, 5) is 18.0. The third kappa shape index (κ3) is 4.22. The fraction of sp³-hybridized carbons (Fsp3) is 0.696. The predicted octanol–water partition coefficient (Wildman–Crippen LogP) is 3.37. The number of hydrogen-bond acceptors (Lipinski definition) is 3. The number of fused-ring (bicyclic) bond motifs is 1. The lowest BCUT2D eigenvalue weighted by Gasteiger charge is -2.30. The van der Waals surface area contributed by atoms with Crippen molar-refractivity contribution in [1.82, 2.24) is 15.1 Å². The molecule has 0 bridgehead atoms.